The smallest absolute Gasteiger partial charge is 0.326 e. The first kappa shape index (κ1) is 12.1. The molecule has 1 heterocycles. The van der Waals surface area contributed by atoms with Crippen molar-refractivity contribution in [3.05, 3.63) is 54.7 Å². The zero-order chi connectivity index (χ0) is 13.0. The monoisotopic (exact) mass is 242 g/mol. The van der Waals surface area contributed by atoms with Gasteiger partial charge in [0.2, 0.25) is 0 Å². The molecule has 0 radical (unpaired) electrons. The minimum atomic E-state index is -0.885. The van der Waals surface area contributed by atoms with Gasteiger partial charge in [0.05, 0.1) is 0 Å². The lowest BCUT2D eigenvalue weighted by Crippen LogP contribution is -2.35. The van der Waals surface area contributed by atoms with Crippen LogP contribution in [0.1, 0.15) is 6.92 Å². The van der Waals surface area contributed by atoms with Crippen LogP contribution in [-0.4, -0.2) is 22.1 Å². The highest BCUT2D eigenvalue weighted by Crippen LogP contribution is 2.25. The Labute approximate surface area is 106 Å². The van der Waals surface area contributed by atoms with Gasteiger partial charge in [-0.2, -0.15) is 0 Å². The zero-order valence-electron chi connectivity index (χ0n) is 10.0. The number of hydrogen-bond acceptors (Lipinski definition) is 3. The molecule has 0 saturated heterocycles. The first-order chi connectivity index (χ1) is 8.70. The third-order valence-electron chi connectivity index (χ3n) is 2.68. The molecule has 1 unspecified atom stereocenters. The summed E-state index contributed by atoms with van der Waals surface area (Å²) in [4.78, 5) is 17.1. The number of aliphatic carboxylic acids is 1. The minimum absolute atomic E-state index is 0.624. The van der Waals surface area contributed by atoms with Gasteiger partial charge in [-0.1, -0.05) is 24.3 Å². The summed E-state index contributed by atoms with van der Waals surface area (Å²) in [6, 6.07) is 14.1. The quantitative estimate of drug-likeness (QED) is 0.895. The molecule has 2 rings (SSSR count). The van der Waals surface area contributed by atoms with E-state index in [-0.39, 0.29) is 0 Å². The average Bonchev–Trinajstić information content (AvgIpc) is 2.41. The first-order valence-corrected chi connectivity index (χ1v) is 5.68. The van der Waals surface area contributed by atoms with Crippen LogP contribution < -0.4 is 4.90 Å². The molecule has 18 heavy (non-hydrogen) atoms. The number of anilines is 2. The van der Waals surface area contributed by atoms with E-state index in [2.05, 4.69) is 4.98 Å². The third kappa shape index (κ3) is 2.48. The van der Waals surface area contributed by atoms with Gasteiger partial charge in [0, 0.05) is 11.9 Å². The van der Waals surface area contributed by atoms with Crippen molar-refractivity contribution in [1.82, 2.24) is 4.98 Å². The average molecular weight is 242 g/mol. The number of para-hydroxylation sites is 1. The summed E-state index contributed by atoms with van der Waals surface area (Å²) in [6.45, 7) is 1.64. The molecular weight excluding hydrogens is 228 g/mol. The van der Waals surface area contributed by atoms with Crippen molar-refractivity contribution in [2.75, 3.05) is 4.90 Å². The summed E-state index contributed by atoms with van der Waals surface area (Å²) in [5.74, 6) is -0.261. The second kappa shape index (κ2) is 5.31. The van der Waals surface area contributed by atoms with E-state index in [1.54, 1.807) is 30.2 Å². The van der Waals surface area contributed by atoms with E-state index in [9.17, 15) is 9.90 Å². The van der Waals surface area contributed by atoms with Gasteiger partial charge in [-0.3, -0.25) is 0 Å². The van der Waals surface area contributed by atoms with Crippen molar-refractivity contribution in [2.24, 2.45) is 0 Å². The van der Waals surface area contributed by atoms with Gasteiger partial charge in [0.1, 0.15) is 11.9 Å². The number of carbonyl (C=O) groups is 1. The molecule has 0 saturated carbocycles. The topological polar surface area (TPSA) is 53.4 Å². The largest absolute Gasteiger partial charge is 0.480 e. The Morgan fingerprint density at radius 2 is 1.83 bits per heavy atom. The number of hydrogen-bond donors (Lipinski definition) is 1. The zero-order valence-corrected chi connectivity index (χ0v) is 10.0. The molecule has 2 aromatic rings. The van der Waals surface area contributed by atoms with Gasteiger partial charge in [-0.25, -0.2) is 9.78 Å². The number of rotatable bonds is 4. The van der Waals surface area contributed by atoms with Gasteiger partial charge in [0.25, 0.3) is 0 Å². The van der Waals surface area contributed by atoms with Crippen molar-refractivity contribution in [3.8, 4) is 0 Å². The molecule has 1 aromatic carbocycles. The van der Waals surface area contributed by atoms with Crippen LogP contribution in [0.25, 0.3) is 0 Å². The molecule has 0 aliphatic rings. The second-order valence-electron chi connectivity index (χ2n) is 3.91. The van der Waals surface area contributed by atoms with Crippen LogP contribution in [0.5, 0.6) is 0 Å². The summed E-state index contributed by atoms with van der Waals surface area (Å²) in [7, 11) is 0. The molecule has 4 nitrogen and oxygen atoms in total. The maximum atomic E-state index is 11.2. The van der Waals surface area contributed by atoms with Crippen LogP contribution >= 0.6 is 0 Å². The van der Waals surface area contributed by atoms with Crippen LogP contribution in [0.2, 0.25) is 0 Å². The molecule has 0 amide bonds. The van der Waals surface area contributed by atoms with E-state index >= 15 is 0 Å². The highest BCUT2D eigenvalue weighted by Gasteiger charge is 2.23. The first-order valence-electron chi connectivity index (χ1n) is 5.68. The summed E-state index contributed by atoms with van der Waals surface area (Å²) in [5, 5.41) is 9.21. The molecule has 1 aromatic heterocycles. The summed E-state index contributed by atoms with van der Waals surface area (Å²) >= 11 is 0. The fraction of sp³-hybridized carbons (Fsp3) is 0.143. The second-order valence-corrected chi connectivity index (χ2v) is 3.91. The third-order valence-corrected chi connectivity index (χ3v) is 2.68. The Kier molecular flexibility index (Phi) is 3.57. The van der Waals surface area contributed by atoms with Gasteiger partial charge in [0.15, 0.2) is 0 Å². The maximum absolute atomic E-state index is 11.2. The molecule has 1 N–H and O–H groups in total. The van der Waals surface area contributed by atoms with Gasteiger partial charge in [-0.15, -0.1) is 0 Å². The normalized spacial score (nSPS) is 11.8. The Morgan fingerprint density at radius 1 is 1.17 bits per heavy atom. The van der Waals surface area contributed by atoms with Crippen LogP contribution in [-0.2, 0) is 4.79 Å². The van der Waals surface area contributed by atoms with Crippen molar-refractivity contribution in [1.29, 1.82) is 0 Å². The van der Waals surface area contributed by atoms with E-state index in [0.717, 1.165) is 5.69 Å². The van der Waals surface area contributed by atoms with Crippen LogP contribution in [0, 0.1) is 0 Å². The van der Waals surface area contributed by atoms with Gasteiger partial charge in [-0.05, 0) is 31.2 Å². The number of nitrogens with zero attached hydrogens (tertiary/aromatic N) is 2. The van der Waals surface area contributed by atoms with Crippen molar-refractivity contribution < 1.29 is 9.90 Å². The molecule has 0 bridgehead atoms. The maximum Gasteiger partial charge on any atom is 0.326 e. The number of aromatic nitrogens is 1. The van der Waals surface area contributed by atoms with Crippen molar-refractivity contribution in [3.63, 3.8) is 0 Å². The number of pyridine rings is 1. The van der Waals surface area contributed by atoms with E-state index in [1.807, 2.05) is 36.4 Å². The summed E-state index contributed by atoms with van der Waals surface area (Å²) in [6.07, 6.45) is 1.65. The predicted octanol–water partition coefficient (Wildman–Crippen LogP) is 2.69. The Bertz CT molecular complexity index is 474. The lowest BCUT2D eigenvalue weighted by atomic mass is 10.2. The Balaban J connectivity index is 2.45. The highest BCUT2D eigenvalue weighted by molar-refractivity contribution is 5.81. The fourth-order valence-electron chi connectivity index (χ4n) is 1.75. The van der Waals surface area contributed by atoms with Gasteiger partial charge < -0.3 is 10.0 Å². The lowest BCUT2D eigenvalue weighted by Gasteiger charge is -2.27. The fourth-order valence-corrected chi connectivity index (χ4v) is 1.75. The molecule has 4 heteroatoms. The standard InChI is InChI=1S/C14H14N2O2/c1-11(14(17)18)16(12-7-3-2-4-8-12)13-9-5-6-10-15-13/h2-11H,1H3,(H,17,18). The Morgan fingerprint density at radius 3 is 2.39 bits per heavy atom. The summed E-state index contributed by atoms with van der Waals surface area (Å²) in [5.41, 5.74) is 0.811. The predicted molar refractivity (Wildman–Crippen MR) is 69.9 cm³/mol. The molecule has 92 valence electrons. The van der Waals surface area contributed by atoms with E-state index in [1.165, 1.54) is 0 Å². The van der Waals surface area contributed by atoms with Gasteiger partial charge >= 0.3 is 5.97 Å². The lowest BCUT2D eigenvalue weighted by molar-refractivity contribution is -0.138. The minimum Gasteiger partial charge on any atom is -0.480 e. The SMILES string of the molecule is CC(C(=O)O)N(c1ccccc1)c1ccccn1. The van der Waals surface area contributed by atoms with Crippen LogP contribution in [0.15, 0.2) is 54.7 Å². The molecule has 0 aliphatic heterocycles. The Hall–Kier alpha value is -2.36. The molecule has 0 fully saturated rings. The number of benzene rings is 1. The molecule has 0 spiro atoms. The highest BCUT2D eigenvalue weighted by atomic mass is 16.4. The van der Waals surface area contributed by atoms with E-state index in [0.29, 0.717) is 5.82 Å². The number of carboxylic acids is 1. The molecule has 1 atom stereocenters. The summed E-state index contributed by atoms with van der Waals surface area (Å²) < 4.78 is 0. The molecule has 0 aliphatic carbocycles. The van der Waals surface area contributed by atoms with Crippen LogP contribution in [0.4, 0.5) is 11.5 Å². The van der Waals surface area contributed by atoms with E-state index < -0.39 is 12.0 Å². The van der Waals surface area contributed by atoms with E-state index in [4.69, 9.17) is 0 Å². The molecular formula is C14H14N2O2. The van der Waals surface area contributed by atoms with Crippen molar-refractivity contribution >= 4 is 17.5 Å². The van der Waals surface area contributed by atoms with Crippen LogP contribution in [0.3, 0.4) is 0 Å². The van der Waals surface area contributed by atoms with Crippen molar-refractivity contribution in [2.45, 2.75) is 13.0 Å². The number of carboxylic acid groups (broad SMARTS) is 1.